The minimum absolute atomic E-state index is 0.0000882. The molecule has 19 heteroatoms. The number of aromatic nitrogens is 5. The molecule has 1 saturated heterocycles. The Morgan fingerprint density at radius 3 is 2.52 bits per heavy atom. The highest BCUT2D eigenvalue weighted by atomic mass is 35.5. The number of carbonyl (C=O) groups excluding carboxylic acids is 2. The molecule has 54 heavy (non-hydrogen) atoms. The van der Waals surface area contributed by atoms with E-state index in [4.69, 9.17) is 16.3 Å². The summed E-state index contributed by atoms with van der Waals surface area (Å²) in [5.74, 6) is -1.28. The molecule has 2 aromatic carbocycles. The minimum atomic E-state index is -4.64. The molecular formula is C35H32ClF3N8O6S. The van der Waals surface area contributed by atoms with Crippen LogP contribution in [-0.4, -0.2) is 81.7 Å². The molecule has 1 atom stereocenters. The number of amides is 2. The van der Waals surface area contributed by atoms with Crippen molar-refractivity contribution in [1.82, 2.24) is 33.4 Å². The lowest BCUT2D eigenvalue weighted by Gasteiger charge is -2.38. The molecule has 14 nitrogen and oxygen atoms in total. The van der Waals surface area contributed by atoms with E-state index >= 15 is 0 Å². The molecule has 0 bridgehead atoms. The van der Waals surface area contributed by atoms with E-state index in [1.165, 1.54) is 27.8 Å². The molecule has 0 aliphatic carbocycles. The smallest absolute Gasteiger partial charge is 0.416 e. The number of pyridine rings is 1. The van der Waals surface area contributed by atoms with Crippen molar-refractivity contribution >= 4 is 45.9 Å². The fourth-order valence-electron chi connectivity index (χ4n) is 6.76. The van der Waals surface area contributed by atoms with E-state index < -0.39 is 52.2 Å². The number of rotatable bonds is 7. The third-order valence-electron chi connectivity index (χ3n) is 9.47. The number of ether oxygens (including phenoxy) is 1. The monoisotopic (exact) mass is 784 g/mol. The van der Waals surface area contributed by atoms with E-state index in [1.807, 2.05) is 0 Å². The lowest BCUT2D eigenvalue weighted by Crippen LogP contribution is -2.47. The van der Waals surface area contributed by atoms with Crippen LogP contribution in [0.25, 0.3) is 17.2 Å². The maximum absolute atomic E-state index is 14.4. The molecule has 5 aromatic rings. The zero-order valence-corrected chi connectivity index (χ0v) is 30.6. The Hall–Kier alpha value is -5.17. The van der Waals surface area contributed by atoms with Crippen LogP contribution in [0.1, 0.15) is 45.7 Å². The van der Waals surface area contributed by atoms with Gasteiger partial charge in [0.25, 0.3) is 11.5 Å². The van der Waals surface area contributed by atoms with E-state index in [0.717, 1.165) is 16.6 Å². The van der Waals surface area contributed by atoms with Crippen molar-refractivity contribution in [3.63, 3.8) is 0 Å². The van der Waals surface area contributed by atoms with E-state index in [-0.39, 0.29) is 71.9 Å². The number of halogens is 4. The van der Waals surface area contributed by atoms with Gasteiger partial charge in [-0.3, -0.25) is 14.4 Å². The average Bonchev–Trinajstić information content (AvgIpc) is 3.74. The number of nitrogens with zero attached hydrogens (tertiary/aromatic N) is 7. The molecule has 2 amide bonds. The van der Waals surface area contributed by atoms with Gasteiger partial charge in [0.15, 0.2) is 11.5 Å². The standard InChI is InChI=1S/C35H32ClF3N8O6S/c1-19-15-20(6-9-26(19)54(52)44(2)3)30-42-33-46(17-27(49)41-23-8-7-21(16-22(23)36)35(37,38)39)24-18-53-34(28(24)31(50)47(33)43-30)10-13-45(14-11-34)32(51)29-25(48)5-4-12-40-29/h4-9,12,15-16,48H,10-11,13-14,17-18H2,1-3H3,(H,41,49). The van der Waals surface area contributed by atoms with Crippen molar-refractivity contribution in [2.24, 2.45) is 0 Å². The van der Waals surface area contributed by atoms with Crippen LogP contribution in [0.2, 0.25) is 5.02 Å². The summed E-state index contributed by atoms with van der Waals surface area (Å²) >= 11 is 6.13. The highest BCUT2D eigenvalue weighted by Gasteiger charge is 2.48. The summed E-state index contributed by atoms with van der Waals surface area (Å²) in [7, 11) is 1.95. The van der Waals surface area contributed by atoms with Gasteiger partial charge in [-0.2, -0.15) is 22.7 Å². The summed E-state index contributed by atoms with van der Waals surface area (Å²) in [5.41, 5.74) is -1.07. The SMILES string of the molecule is Cc1cc(-c2nc3n(CC(=O)Nc4ccc(C(F)(F)F)cc4Cl)c4c(c(=O)n3n2)C2(CCN(C(=O)c3ncccc3O)CC2)OC4)ccc1S(=O)N(C)C. The first-order valence-electron chi connectivity index (χ1n) is 16.5. The molecule has 1 unspecified atom stereocenters. The summed E-state index contributed by atoms with van der Waals surface area (Å²) in [6.07, 6.45) is -2.85. The van der Waals surface area contributed by atoms with Crippen LogP contribution >= 0.6 is 11.6 Å². The van der Waals surface area contributed by atoms with Crippen LogP contribution in [0.4, 0.5) is 18.9 Å². The molecule has 0 saturated carbocycles. The first-order chi connectivity index (χ1) is 25.6. The van der Waals surface area contributed by atoms with Crippen LogP contribution in [-0.2, 0) is 45.4 Å². The largest absolute Gasteiger partial charge is 0.505 e. The molecule has 5 heterocycles. The number of aromatic hydroxyl groups is 1. The van der Waals surface area contributed by atoms with E-state index in [9.17, 15) is 36.9 Å². The average molecular weight is 785 g/mol. The molecule has 282 valence electrons. The zero-order chi connectivity index (χ0) is 38.7. The summed E-state index contributed by atoms with van der Waals surface area (Å²) in [5, 5.41) is 17.0. The maximum atomic E-state index is 14.4. The molecule has 2 aliphatic heterocycles. The number of alkyl halides is 3. The van der Waals surface area contributed by atoms with E-state index in [0.29, 0.717) is 27.8 Å². The lowest BCUT2D eigenvalue weighted by atomic mass is 9.85. The number of anilines is 1. The Bertz CT molecular complexity index is 2430. The molecular weight excluding hydrogens is 753 g/mol. The summed E-state index contributed by atoms with van der Waals surface area (Å²) in [6.45, 7) is 1.54. The fraction of sp³-hybridized carbons (Fsp3) is 0.314. The van der Waals surface area contributed by atoms with Gasteiger partial charge in [0.1, 0.15) is 28.9 Å². The summed E-state index contributed by atoms with van der Waals surface area (Å²) in [6, 6.07) is 10.5. The zero-order valence-electron chi connectivity index (χ0n) is 29.0. The first-order valence-corrected chi connectivity index (χ1v) is 18.0. The Labute approximate surface area is 312 Å². The van der Waals surface area contributed by atoms with Gasteiger partial charge in [0.2, 0.25) is 11.7 Å². The van der Waals surface area contributed by atoms with Crippen molar-refractivity contribution in [2.45, 2.75) is 49.6 Å². The fourth-order valence-corrected chi connectivity index (χ4v) is 7.90. The predicted octanol–water partition coefficient (Wildman–Crippen LogP) is 4.52. The number of likely N-dealkylation sites (tertiary alicyclic amines) is 1. The van der Waals surface area contributed by atoms with Crippen molar-refractivity contribution in [2.75, 3.05) is 32.5 Å². The van der Waals surface area contributed by atoms with Crippen molar-refractivity contribution in [3.8, 4) is 17.1 Å². The molecule has 3 aromatic heterocycles. The Kier molecular flexibility index (Phi) is 9.57. The molecule has 2 aliphatic rings. The van der Waals surface area contributed by atoms with Crippen LogP contribution in [0, 0.1) is 6.92 Å². The van der Waals surface area contributed by atoms with Crippen LogP contribution < -0.4 is 10.9 Å². The number of hydrogen-bond donors (Lipinski definition) is 2. The second kappa shape index (κ2) is 13.9. The summed E-state index contributed by atoms with van der Waals surface area (Å²) < 4.78 is 63.0. The lowest BCUT2D eigenvalue weighted by molar-refractivity contribution is -0.137. The molecule has 7 rings (SSSR count). The van der Waals surface area contributed by atoms with Crippen LogP contribution in [0.3, 0.4) is 0 Å². The minimum Gasteiger partial charge on any atom is -0.505 e. The van der Waals surface area contributed by atoms with Gasteiger partial charge in [-0.25, -0.2) is 13.5 Å². The van der Waals surface area contributed by atoms with Gasteiger partial charge in [-0.1, -0.05) is 11.6 Å². The maximum Gasteiger partial charge on any atom is 0.416 e. The molecule has 0 radical (unpaired) electrons. The number of carbonyl (C=O) groups is 2. The first kappa shape index (κ1) is 37.2. The number of hydrogen-bond acceptors (Lipinski definition) is 9. The van der Waals surface area contributed by atoms with Gasteiger partial charge < -0.3 is 24.6 Å². The number of fused-ring (bicyclic) bond motifs is 3. The second-order valence-electron chi connectivity index (χ2n) is 13.1. The summed E-state index contributed by atoms with van der Waals surface area (Å²) in [4.78, 5) is 51.9. The highest BCUT2D eigenvalue weighted by Crippen LogP contribution is 2.43. The molecule has 1 fully saturated rings. The number of aryl methyl sites for hydroxylation is 1. The third kappa shape index (κ3) is 6.63. The molecule has 1 spiro atoms. The second-order valence-corrected chi connectivity index (χ2v) is 15.2. The quantitative estimate of drug-likeness (QED) is 0.242. The Balaban J connectivity index is 1.27. The van der Waals surface area contributed by atoms with Crippen LogP contribution in [0.15, 0.2) is 64.4 Å². The van der Waals surface area contributed by atoms with E-state index in [2.05, 4.69) is 20.4 Å². The van der Waals surface area contributed by atoms with Crippen molar-refractivity contribution in [3.05, 3.63) is 98.2 Å². The van der Waals surface area contributed by atoms with Crippen molar-refractivity contribution < 1.29 is 36.8 Å². The highest BCUT2D eigenvalue weighted by molar-refractivity contribution is 7.82. The van der Waals surface area contributed by atoms with Gasteiger partial charge in [0.05, 0.1) is 39.0 Å². The number of nitrogens with one attached hydrogen (secondary N) is 1. The Morgan fingerprint density at radius 1 is 1.13 bits per heavy atom. The van der Waals surface area contributed by atoms with Crippen LogP contribution in [0.5, 0.6) is 5.75 Å². The predicted molar refractivity (Wildman–Crippen MR) is 190 cm³/mol. The van der Waals surface area contributed by atoms with Gasteiger partial charge >= 0.3 is 6.18 Å². The topological polar surface area (TPSA) is 164 Å². The van der Waals surface area contributed by atoms with Gasteiger partial charge in [-0.05, 0) is 88.0 Å². The Morgan fingerprint density at radius 2 is 1.87 bits per heavy atom. The normalized spacial score (nSPS) is 15.9. The third-order valence-corrected chi connectivity index (χ3v) is 11.3. The van der Waals surface area contributed by atoms with Crippen molar-refractivity contribution in [1.29, 1.82) is 0 Å². The molecule has 2 N–H and O–H groups in total. The van der Waals surface area contributed by atoms with Gasteiger partial charge in [0, 0.05) is 24.8 Å². The number of benzene rings is 2. The number of piperidine rings is 1. The van der Waals surface area contributed by atoms with E-state index in [1.54, 1.807) is 43.5 Å². The van der Waals surface area contributed by atoms with Gasteiger partial charge in [-0.15, -0.1) is 5.10 Å².